The number of nitrogens with zero attached hydrogens (tertiary/aromatic N) is 1. The Morgan fingerprint density at radius 2 is 2.14 bits per heavy atom. The topological polar surface area (TPSA) is 67.5 Å². The van der Waals surface area contributed by atoms with E-state index in [0.29, 0.717) is 0 Å². The summed E-state index contributed by atoms with van der Waals surface area (Å²) in [6.45, 7) is 0. The highest BCUT2D eigenvalue weighted by atomic mass is 16.2. The van der Waals surface area contributed by atoms with Gasteiger partial charge in [-0.25, -0.2) is 10.2 Å². The number of hydrazone groups is 1. The second kappa shape index (κ2) is 3.98. The molecule has 0 aliphatic heterocycles. The molecular formula is C10H17N3O. The molecule has 0 heterocycles. The standard InChI is InChI=1S/C10H17N3O/c11-10(14)13-12-9-3-1-2-8(6-9)7-4-5-7/h7-8H,1-6H2,(H3,11,13,14). The zero-order chi connectivity index (χ0) is 9.97. The molecule has 14 heavy (non-hydrogen) atoms. The Kier molecular flexibility index (Phi) is 2.70. The summed E-state index contributed by atoms with van der Waals surface area (Å²) < 4.78 is 0. The summed E-state index contributed by atoms with van der Waals surface area (Å²) >= 11 is 0. The SMILES string of the molecule is NC(=O)NN=C1CCCC(C2CC2)C1. The average molecular weight is 195 g/mol. The molecule has 0 aromatic rings. The van der Waals surface area contributed by atoms with Gasteiger partial charge in [-0.15, -0.1) is 0 Å². The third kappa shape index (κ3) is 2.47. The van der Waals surface area contributed by atoms with Gasteiger partial charge in [-0.3, -0.25) is 0 Å². The molecule has 4 nitrogen and oxygen atoms in total. The third-order valence-corrected chi connectivity index (χ3v) is 3.15. The highest BCUT2D eigenvalue weighted by molar-refractivity contribution is 5.86. The number of hydrogen-bond donors (Lipinski definition) is 2. The first-order chi connectivity index (χ1) is 6.75. The molecule has 2 saturated carbocycles. The van der Waals surface area contributed by atoms with Crippen LogP contribution >= 0.6 is 0 Å². The van der Waals surface area contributed by atoms with Crippen LogP contribution in [0.1, 0.15) is 38.5 Å². The van der Waals surface area contributed by atoms with E-state index in [0.717, 1.165) is 30.4 Å². The van der Waals surface area contributed by atoms with Crippen LogP contribution in [0.5, 0.6) is 0 Å². The molecule has 2 aliphatic carbocycles. The molecule has 0 aromatic carbocycles. The summed E-state index contributed by atoms with van der Waals surface area (Å²) in [5.74, 6) is 1.76. The second-order valence-electron chi connectivity index (χ2n) is 4.35. The van der Waals surface area contributed by atoms with Crippen molar-refractivity contribution in [1.29, 1.82) is 0 Å². The van der Waals surface area contributed by atoms with Crippen molar-refractivity contribution in [3.63, 3.8) is 0 Å². The number of rotatable bonds is 2. The highest BCUT2D eigenvalue weighted by Crippen LogP contribution is 2.43. The molecule has 4 heteroatoms. The Balaban J connectivity index is 1.86. The van der Waals surface area contributed by atoms with Crippen molar-refractivity contribution < 1.29 is 4.79 Å². The number of nitrogens with one attached hydrogen (secondary N) is 1. The molecule has 2 aliphatic rings. The minimum absolute atomic E-state index is 0.564. The van der Waals surface area contributed by atoms with Crippen LogP contribution in [0.15, 0.2) is 5.10 Å². The first kappa shape index (κ1) is 9.49. The minimum atomic E-state index is -0.564. The van der Waals surface area contributed by atoms with Gasteiger partial charge in [-0.1, -0.05) is 0 Å². The molecule has 0 bridgehead atoms. The lowest BCUT2D eigenvalue weighted by Gasteiger charge is -2.22. The molecule has 3 N–H and O–H groups in total. The van der Waals surface area contributed by atoms with Crippen LogP contribution in [-0.4, -0.2) is 11.7 Å². The first-order valence-corrected chi connectivity index (χ1v) is 5.36. The number of hydrogen-bond acceptors (Lipinski definition) is 2. The molecule has 78 valence electrons. The van der Waals surface area contributed by atoms with Gasteiger partial charge in [0.2, 0.25) is 0 Å². The Morgan fingerprint density at radius 3 is 2.79 bits per heavy atom. The molecule has 2 amide bonds. The van der Waals surface area contributed by atoms with E-state index in [-0.39, 0.29) is 0 Å². The predicted molar refractivity (Wildman–Crippen MR) is 54.8 cm³/mol. The van der Waals surface area contributed by atoms with Crippen molar-refractivity contribution in [3.8, 4) is 0 Å². The normalized spacial score (nSPS) is 30.3. The van der Waals surface area contributed by atoms with E-state index in [1.807, 2.05) is 0 Å². The van der Waals surface area contributed by atoms with Gasteiger partial charge in [0.25, 0.3) is 0 Å². The van der Waals surface area contributed by atoms with E-state index in [1.165, 1.54) is 25.7 Å². The Hall–Kier alpha value is -1.06. The maximum Gasteiger partial charge on any atom is 0.332 e. The van der Waals surface area contributed by atoms with Crippen molar-refractivity contribution >= 4 is 11.7 Å². The van der Waals surface area contributed by atoms with E-state index in [4.69, 9.17) is 5.73 Å². The monoisotopic (exact) mass is 195 g/mol. The zero-order valence-corrected chi connectivity index (χ0v) is 8.33. The summed E-state index contributed by atoms with van der Waals surface area (Å²) in [5, 5.41) is 4.04. The minimum Gasteiger partial charge on any atom is -0.350 e. The first-order valence-electron chi connectivity index (χ1n) is 5.36. The fourth-order valence-electron chi connectivity index (χ4n) is 2.28. The molecule has 1 atom stereocenters. The number of carbonyl (C=O) groups excluding carboxylic acids is 1. The number of amides is 2. The fourth-order valence-corrected chi connectivity index (χ4v) is 2.28. The Labute approximate surface area is 83.9 Å². The van der Waals surface area contributed by atoms with E-state index in [9.17, 15) is 4.79 Å². The molecule has 1 unspecified atom stereocenters. The molecule has 0 saturated heterocycles. The summed E-state index contributed by atoms with van der Waals surface area (Å²) in [6, 6.07) is -0.564. The third-order valence-electron chi connectivity index (χ3n) is 3.15. The second-order valence-corrected chi connectivity index (χ2v) is 4.35. The van der Waals surface area contributed by atoms with Gasteiger partial charge < -0.3 is 5.73 Å². The van der Waals surface area contributed by atoms with Crippen LogP contribution in [0, 0.1) is 11.8 Å². The van der Waals surface area contributed by atoms with Crippen molar-refractivity contribution in [2.75, 3.05) is 0 Å². The smallest absolute Gasteiger partial charge is 0.332 e. The predicted octanol–water partition coefficient (Wildman–Crippen LogP) is 1.61. The summed E-state index contributed by atoms with van der Waals surface area (Å²) in [5.41, 5.74) is 8.40. The van der Waals surface area contributed by atoms with Crippen molar-refractivity contribution in [3.05, 3.63) is 0 Å². The lowest BCUT2D eigenvalue weighted by Crippen LogP contribution is -2.27. The lowest BCUT2D eigenvalue weighted by molar-refractivity contribution is 0.249. The number of urea groups is 1. The van der Waals surface area contributed by atoms with E-state index in [1.54, 1.807) is 0 Å². The Bertz CT molecular complexity index is 258. The quantitative estimate of drug-likeness (QED) is 0.646. The molecule has 2 rings (SSSR count). The fraction of sp³-hybridized carbons (Fsp3) is 0.800. The molecule has 2 fully saturated rings. The largest absolute Gasteiger partial charge is 0.350 e. The maximum atomic E-state index is 10.5. The number of nitrogens with two attached hydrogens (primary N) is 1. The van der Waals surface area contributed by atoms with Gasteiger partial charge in [-0.2, -0.15) is 5.10 Å². The van der Waals surface area contributed by atoms with Crippen molar-refractivity contribution in [2.45, 2.75) is 38.5 Å². The highest BCUT2D eigenvalue weighted by Gasteiger charge is 2.33. The maximum absolute atomic E-state index is 10.5. The van der Waals surface area contributed by atoms with Gasteiger partial charge in [0, 0.05) is 5.71 Å². The lowest BCUT2D eigenvalue weighted by atomic mass is 9.84. The van der Waals surface area contributed by atoms with Crippen LogP contribution < -0.4 is 11.2 Å². The molecule has 0 aromatic heterocycles. The summed E-state index contributed by atoms with van der Waals surface area (Å²) in [7, 11) is 0. The molecular weight excluding hydrogens is 178 g/mol. The van der Waals surface area contributed by atoms with Crippen LogP contribution in [0.2, 0.25) is 0 Å². The van der Waals surface area contributed by atoms with Crippen LogP contribution in [-0.2, 0) is 0 Å². The average Bonchev–Trinajstić information content (AvgIpc) is 2.98. The van der Waals surface area contributed by atoms with E-state index in [2.05, 4.69) is 10.5 Å². The number of primary amides is 1. The molecule has 0 spiro atoms. The number of carbonyl (C=O) groups is 1. The van der Waals surface area contributed by atoms with Gasteiger partial charge in [-0.05, 0) is 50.4 Å². The Morgan fingerprint density at radius 1 is 1.36 bits per heavy atom. The van der Waals surface area contributed by atoms with E-state index < -0.39 is 6.03 Å². The van der Waals surface area contributed by atoms with Gasteiger partial charge in [0.1, 0.15) is 0 Å². The summed E-state index contributed by atoms with van der Waals surface area (Å²) in [6.07, 6.45) is 7.40. The molecule has 0 radical (unpaired) electrons. The van der Waals surface area contributed by atoms with Gasteiger partial charge in [0.05, 0.1) is 0 Å². The summed E-state index contributed by atoms with van der Waals surface area (Å²) in [4.78, 5) is 10.5. The van der Waals surface area contributed by atoms with E-state index >= 15 is 0 Å². The van der Waals surface area contributed by atoms with Crippen molar-refractivity contribution in [1.82, 2.24) is 5.43 Å². The van der Waals surface area contributed by atoms with Crippen LogP contribution in [0.4, 0.5) is 4.79 Å². The van der Waals surface area contributed by atoms with Crippen LogP contribution in [0.25, 0.3) is 0 Å². The van der Waals surface area contributed by atoms with Gasteiger partial charge >= 0.3 is 6.03 Å². The van der Waals surface area contributed by atoms with Crippen LogP contribution in [0.3, 0.4) is 0 Å². The van der Waals surface area contributed by atoms with Gasteiger partial charge in [0.15, 0.2) is 0 Å². The zero-order valence-electron chi connectivity index (χ0n) is 8.33. The van der Waals surface area contributed by atoms with Crippen molar-refractivity contribution in [2.24, 2.45) is 22.7 Å².